The van der Waals surface area contributed by atoms with Crippen molar-refractivity contribution in [2.75, 3.05) is 69.4 Å². The van der Waals surface area contributed by atoms with Gasteiger partial charge in [-0.05, 0) is 96.5 Å². The van der Waals surface area contributed by atoms with Crippen LogP contribution in [0.1, 0.15) is 49.0 Å². The summed E-state index contributed by atoms with van der Waals surface area (Å²) in [5.74, 6) is -0.320. The Kier molecular flexibility index (Phi) is 11.9. The number of piperazine rings is 1. The van der Waals surface area contributed by atoms with Crippen molar-refractivity contribution < 1.29 is 27.6 Å². The van der Waals surface area contributed by atoms with Crippen molar-refractivity contribution in [2.45, 2.75) is 38.0 Å². The lowest BCUT2D eigenvalue weighted by Crippen LogP contribution is -2.47. The first-order valence-electron chi connectivity index (χ1n) is 20.1. The first-order valence-corrected chi connectivity index (χ1v) is 21.9. The van der Waals surface area contributed by atoms with Gasteiger partial charge in [0, 0.05) is 85.8 Å². The first-order chi connectivity index (χ1) is 28.8. The number of morpholine rings is 1. The van der Waals surface area contributed by atoms with E-state index in [2.05, 4.69) is 50.9 Å². The fraction of sp³-hybridized carbons (Fsp3) is 0.341. The fourth-order valence-electron chi connectivity index (χ4n) is 8.11. The van der Waals surface area contributed by atoms with Gasteiger partial charge in [-0.3, -0.25) is 19.8 Å². The number of sulfonamides is 1. The highest BCUT2D eigenvalue weighted by Crippen LogP contribution is 2.43. The minimum absolute atomic E-state index is 0.0166. The number of hydrazine groups is 1. The molecule has 1 aliphatic carbocycles. The van der Waals surface area contributed by atoms with Crippen LogP contribution in [0.5, 0.6) is 11.5 Å². The number of carbonyl (C=O) groups is 1. The number of nitro benzene ring substituents is 1. The molecule has 8 rings (SSSR count). The molecule has 3 N–H and O–H groups in total. The molecule has 60 heavy (non-hydrogen) atoms. The lowest BCUT2D eigenvalue weighted by molar-refractivity contribution is -0.384. The van der Waals surface area contributed by atoms with Gasteiger partial charge in [0.1, 0.15) is 17.2 Å². The third-order valence-electron chi connectivity index (χ3n) is 11.5. The number of halogens is 1. The number of carbonyl (C=O) groups excluding carboxylic acids is 1. The number of hydrogen-bond donors (Lipinski definition) is 3. The zero-order valence-corrected chi connectivity index (χ0v) is 35.2. The average molecular weight is 854 g/mol. The molecular weight excluding hydrogens is 806 g/mol. The van der Waals surface area contributed by atoms with Crippen molar-refractivity contribution >= 4 is 61.1 Å². The smallest absolute Gasteiger partial charge is 0.295 e. The van der Waals surface area contributed by atoms with Crippen LogP contribution in [0.25, 0.3) is 16.5 Å². The number of fused-ring (bicyclic) bond motifs is 1. The largest absolute Gasteiger partial charge is 0.456 e. The maximum Gasteiger partial charge on any atom is 0.295 e. The normalized spacial score (nSPS) is 17.8. The van der Waals surface area contributed by atoms with Crippen molar-refractivity contribution in [1.29, 1.82) is 0 Å². The van der Waals surface area contributed by atoms with Crippen molar-refractivity contribution in [2.24, 2.45) is 5.41 Å². The third kappa shape index (κ3) is 9.45. The Morgan fingerprint density at radius 1 is 0.950 bits per heavy atom. The van der Waals surface area contributed by atoms with E-state index in [4.69, 9.17) is 21.1 Å². The van der Waals surface area contributed by atoms with Crippen molar-refractivity contribution in [3.63, 3.8) is 0 Å². The molecular formula is C44H48ClN7O7S. The molecule has 14 nitrogen and oxygen atoms in total. The van der Waals surface area contributed by atoms with Crippen LogP contribution in [0.4, 0.5) is 17.1 Å². The zero-order chi connectivity index (χ0) is 42.0. The van der Waals surface area contributed by atoms with Gasteiger partial charge in [-0.25, -0.2) is 18.1 Å². The second-order valence-corrected chi connectivity index (χ2v) is 18.4. The van der Waals surface area contributed by atoms with Crippen LogP contribution in [-0.4, -0.2) is 93.2 Å². The van der Waals surface area contributed by atoms with E-state index < -0.39 is 31.4 Å². The Morgan fingerprint density at radius 2 is 1.72 bits per heavy atom. The highest BCUT2D eigenvalue weighted by atomic mass is 35.5. The SMILES string of the molecule is CC1(C)CCC(CN2CCN(c3ccc(C(=O)NS(=O)(=O)c4ccc(NN5CCOCC5)c([N+](=O)[O-])c4)c(Oc4ccc5[nH]ccc5c4)c3)CC2)=C(c2ccc(Cl)cc2)C1. The van der Waals surface area contributed by atoms with Gasteiger partial charge in [-0.1, -0.05) is 43.2 Å². The molecule has 0 bridgehead atoms. The Labute approximate surface area is 354 Å². The molecule has 0 unspecified atom stereocenters. The Bertz CT molecular complexity index is 2550. The number of ether oxygens (including phenoxy) is 2. The lowest BCUT2D eigenvalue weighted by Gasteiger charge is -2.39. The van der Waals surface area contributed by atoms with Gasteiger partial charge in [0.25, 0.3) is 21.6 Å². The number of H-pyrrole nitrogens is 1. The van der Waals surface area contributed by atoms with E-state index in [9.17, 15) is 23.3 Å². The molecule has 2 saturated heterocycles. The summed E-state index contributed by atoms with van der Waals surface area (Å²) in [4.78, 5) is 32.7. The van der Waals surface area contributed by atoms with E-state index in [0.717, 1.165) is 79.7 Å². The zero-order valence-electron chi connectivity index (χ0n) is 33.6. The first kappa shape index (κ1) is 41.3. The number of nitrogens with zero attached hydrogens (tertiary/aromatic N) is 4. The third-order valence-corrected chi connectivity index (χ3v) is 13.1. The summed E-state index contributed by atoms with van der Waals surface area (Å²) in [6.45, 7) is 10.6. The van der Waals surface area contributed by atoms with E-state index in [1.165, 1.54) is 28.8 Å². The maximum absolute atomic E-state index is 13.9. The number of benzene rings is 4. The number of aromatic amines is 1. The van der Waals surface area contributed by atoms with Crippen LogP contribution in [0.3, 0.4) is 0 Å². The number of aromatic nitrogens is 1. The number of nitrogens with one attached hydrogen (secondary N) is 3. The van der Waals surface area contributed by atoms with Crippen LogP contribution in [-0.2, 0) is 14.8 Å². The molecule has 1 amide bonds. The van der Waals surface area contributed by atoms with Gasteiger partial charge in [0.05, 0.1) is 28.6 Å². The van der Waals surface area contributed by atoms with Gasteiger partial charge < -0.3 is 24.8 Å². The van der Waals surface area contributed by atoms with Crippen molar-refractivity contribution in [3.05, 3.63) is 123 Å². The molecule has 5 aromatic rings. The molecule has 0 radical (unpaired) electrons. The van der Waals surface area contributed by atoms with Gasteiger partial charge in [-0.15, -0.1) is 0 Å². The number of hydrogen-bond acceptors (Lipinski definition) is 11. The summed E-state index contributed by atoms with van der Waals surface area (Å²) in [7, 11) is -4.55. The van der Waals surface area contributed by atoms with Gasteiger partial charge in [-0.2, -0.15) is 0 Å². The summed E-state index contributed by atoms with van der Waals surface area (Å²) < 4.78 is 41.1. The minimum Gasteiger partial charge on any atom is -0.456 e. The molecule has 2 aliphatic heterocycles. The molecule has 1 aromatic heterocycles. The second-order valence-electron chi connectivity index (χ2n) is 16.3. The quantitative estimate of drug-likeness (QED) is 0.0822. The number of nitro groups is 1. The highest BCUT2D eigenvalue weighted by Gasteiger charge is 2.31. The summed E-state index contributed by atoms with van der Waals surface area (Å²) >= 11 is 6.24. The number of rotatable bonds is 12. The maximum atomic E-state index is 13.9. The molecule has 0 atom stereocenters. The molecule has 3 aliphatic rings. The molecule has 3 heterocycles. The van der Waals surface area contributed by atoms with E-state index in [1.54, 1.807) is 29.3 Å². The van der Waals surface area contributed by atoms with Crippen molar-refractivity contribution in [3.8, 4) is 11.5 Å². The molecule has 314 valence electrons. The van der Waals surface area contributed by atoms with Gasteiger partial charge in [0.15, 0.2) is 0 Å². The molecule has 0 saturated carbocycles. The molecule has 2 fully saturated rings. The van der Waals surface area contributed by atoms with E-state index in [1.807, 2.05) is 36.5 Å². The lowest BCUT2D eigenvalue weighted by atomic mass is 9.72. The summed E-state index contributed by atoms with van der Waals surface area (Å²) in [5.41, 5.74) is 8.71. The van der Waals surface area contributed by atoms with E-state index in [-0.39, 0.29) is 22.4 Å². The standard InChI is InChI=1S/C44H48ClN7O7S/c1-44(2)15-13-32(38(28-44)30-3-5-33(45)6-4-30)29-49-17-19-50(20-18-49)34-7-10-37(42(26-34)59-35-8-11-39-31(25-35)14-16-46-39)43(53)48-60(56,57)36-9-12-40(41(27-36)52(54)55)47-51-21-23-58-24-22-51/h3-12,14,16,25-27,46-47H,13,15,17-24,28-29H2,1-2H3,(H,48,53). The number of anilines is 2. The summed E-state index contributed by atoms with van der Waals surface area (Å²) in [6.07, 6.45) is 5.02. The fourth-order valence-corrected chi connectivity index (χ4v) is 9.22. The topological polar surface area (TPSA) is 162 Å². The summed E-state index contributed by atoms with van der Waals surface area (Å²) in [5, 5.41) is 15.4. The Balaban J connectivity index is 1.01. The van der Waals surface area contributed by atoms with Crippen LogP contribution in [0.2, 0.25) is 5.02 Å². The molecule has 4 aromatic carbocycles. The predicted molar refractivity (Wildman–Crippen MR) is 233 cm³/mol. The monoisotopic (exact) mass is 853 g/mol. The van der Waals surface area contributed by atoms with Crippen LogP contribution in [0, 0.1) is 15.5 Å². The van der Waals surface area contributed by atoms with Gasteiger partial charge >= 0.3 is 0 Å². The van der Waals surface area contributed by atoms with E-state index in [0.29, 0.717) is 32.1 Å². The molecule has 0 spiro atoms. The predicted octanol–water partition coefficient (Wildman–Crippen LogP) is 8.09. The number of amides is 1. The Hall–Kier alpha value is -5.45. The average Bonchev–Trinajstić information content (AvgIpc) is 3.70. The highest BCUT2D eigenvalue weighted by molar-refractivity contribution is 7.90. The van der Waals surface area contributed by atoms with Gasteiger partial charge in [0.2, 0.25) is 0 Å². The van der Waals surface area contributed by atoms with E-state index >= 15 is 0 Å². The minimum atomic E-state index is -4.55. The van der Waals surface area contributed by atoms with Crippen LogP contribution >= 0.6 is 11.6 Å². The Morgan fingerprint density at radius 3 is 2.47 bits per heavy atom. The number of allylic oxidation sites excluding steroid dienone is 1. The van der Waals surface area contributed by atoms with Crippen LogP contribution < -0.4 is 19.8 Å². The summed E-state index contributed by atoms with van der Waals surface area (Å²) in [6, 6.07) is 24.1. The van der Waals surface area contributed by atoms with Crippen LogP contribution in [0.15, 0.2) is 102 Å². The second kappa shape index (κ2) is 17.3. The molecule has 16 heteroatoms. The van der Waals surface area contributed by atoms with Crippen molar-refractivity contribution in [1.82, 2.24) is 19.6 Å².